The molecule has 0 bridgehead atoms. The Hall–Kier alpha value is -0.570. The van der Waals surface area contributed by atoms with Crippen molar-refractivity contribution in [2.24, 2.45) is 0 Å². The van der Waals surface area contributed by atoms with Gasteiger partial charge in [-0.2, -0.15) is 0 Å². The van der Waals surface area contributed by atoms with E-state index in [-0.39, 0.29) is 5.91 Å². The lowest BCUT2D eigenvalue weighted by atomic mass is 10.3. The molecule has 3 nitrogen and oxygen atoms in total. The normalized spacial score (nSPS) is 9.83. The molecule has 0 aliphatic heterocycles. The maximum atomic E-state index is 10.8. The molecule has 0 rings (SSSR count). The third-order valence-corrected chi connectivity index (χ3v) is 1.60. The minimum atomic E-state index is 0.144. The molecular weight excluding hydrogens is 152 g/mol. The van der Waals surface area contributed by atoms with Crippen molar-refractivity contribution >= 4 is 5.91 Å². The van der Waals surface area contributed by atoms with Gasteiger partial charge in [0.1, 0.15) is 0 Å². The van der Waals surface area contributed by atoms with Gasteiger partial charge in [-0.3, -0.25) is 4.79 Å². The van der Waals surface area contributed by atoms with Gasteiger partial charge in [-0.1, -0.05) is 13.8 Å². The molecular formula is C9H20N2O. The van der Waals surface area contributed by atoms with Gasteiger partial charge in [-0.15, -0.1) is 0 Å². The summed E-state index contributed by atoms with van der Waals surface area (Å²) in [5.74, 6) is 0.144. The van der Waals surface area contributed by atoms with Crippen LogP contribution in [0.5, 0.6) is 0 Å². The van der Waals surface area contributed by atoms with E-state index in [4.69, 9.17) is 0 Å². The van der Waals surface area contributed by atoms with Crippen molar-refractivity contribution < 1.29 is 4.79 Å². The number of amides is 1. The van der Waals surface area contributed by atoms with E-state index in [1.165, 1.54) is 6.42 Å². The van der Waals surface area contributed by atoms with E-state index >= 15 is 0 Å². The summed E-state index contributed by atoms with van der Waals surface area (Å²) in [4.78, 5) is 10.8. The highest BCUT2D eigenvalue weighted by Gasteiger charge is 1.93. The van der Waals surface area contributed by atoms with Crippen molar-refractivity contribution in [3.8, 4) is 0 Å². The first kappa shape index (κ1) is 11.4. The monoisotopic (exact) mass is 172 g/mol. The second-order valence-electron chi connectivity index (χ2n) is 2.81. The summed E-state index contributed by atoms with van der Waals surface area (Å²) in [5.41, 5.74) is 0. The van der Waals surface area contributed by atoms with Crippen LogP contribution in [0.4, 0.5) is 0 Å². The zero-order valence-corrected chi connectivity index (χ0v) is 8.15. The molecule has 12 heavy (non-hydrogen) atoms. The quantitative estimate of drug-likeness (QED) is 0.560. The summed E-state index contributed by atoms with van der Waals surface area (Å²) in [6.07, 6.45) is 2.77. The SMILES string of the molecule is CCCNCCCNC(=O)CC. The molecule has 0 unspecified atom stereocenters. The first-order chi connectivity index (χ1) is 5.81. The fourth-order valence-corrected chi connectivity index (χ4v) is 0.868. The highest BCUT2D eigenvalue weighted by atomic mass is 16.1. The molecule has 0 aliphatic rings. The maximum absolute atomic E-state index is 10.8. The smallest absolute Gasteiger partial charge is 0.219 e. The van der Waals surface area contributed by atoms with Gasteiger partial charge in [0.15, 0.2) is 0 Å². The summed E-state index contributed by atoms with van der Waals surface area (Å²) >= 11 is 0. The molecule has 0 saturated heterocycles. The molecule has 0 heterocycles. The molecule has 0 aromatic rings. The van der Waals surface area contributed by atoms with Crippen LogP contribution >= 0.6 is 0 Å². The van der Waals surface area contributed by atoms with Crippen LogP contribution in [0.1, 0.15) is 33.1 Å². The van der Waals surface area contributed by atoms with Gasteiger partial charge < -0.3 is 10.6 Å². The number of nitrogens with one attached hydrogen (secondary N) is 2. The van der Waals surface area contributed by atoms with E-state index in [1.54, 1.807) is 0 Å². The molecule has 2 N–H and O–H groups in total. The molecule has 0 radical (unpaired) electrons. The third-order valence-electron chi connectivity index (χ3n) is 1.60. The zero-order chi connectivity index (χ0) is 9.23. The van der Waals surface area contributed by atoms with E-state index in [1.807, 2.05) is 6.92 Å². The van der Waals surface area contributed by atoms with Gasteiger partial charge in [-0.05, 0) is 25.9 Å². The lowest BCUT2D eigenvalue weighted by Gasteiger charge is -2.03. The van der Waals surface area contributed by atoms with Crippen LogP contribution in [0.3, 0.4) is 0 Å². The van der Waals surface area contributed by atoms with Gasteiger partial charge in [0.2, 0.25) is 5.91 Å². The van der Waals surface area contributed by atoms with Crippen LogP contribution in [0, 0.1) is 0 Å². The van der Waals surface area contributed by atoms with Crippen molar-refractivity contribution in [2.75, 3.05) is 19.6 Å². The van der Waals surface area contributed by atoms with Crippen LogP contribution in [-0.4, -0.2) is 25.5 Å². The van der Waals surface area contributed by atoms with Crippen molar-refractivity contribution in [3.05, 3.63) is 0 Å². The average Bonchev–Trinajstić information content (AvgIpc) is 2.10. The molecule has 0 aromatic heterocycles. The molecule has 1 amide bonds. The van der Waals surface area contributed by atoms with E-state index in [0.717, 1.165) is 26.1 Å². The van der Waals surface area contributed by atoms with Gasteiger partial charge in [0, 0.05) is 13.0 Å². The Bertz CT molecular complexity index is 115. The second kappa shape index (κ2) is 8.53. The first-order valence-corrected chi connectivity index (χ1v) is 4.78. The van der Waals surface area contributed by atoms with Gasteiger partial charge >= 0.3 is 0 Å². The summed E-state index contributed by atoms with van der Waals surface area (Å²) in [7, 11) is 0. The Morgan fingerprint density at radius 2 is 1.92 bits per heavy atom. The van der Waals surface area contributed by atoms with Crippen molar-refractivity contribution in [1.82, 2.24) is 10.6 Å². The van der Waals surface area contributed by atoms with Crippen LogP contribution in [0.2, 0.25) is 0 Å². The minimum Gasteiger partial charge on any atom is -0.356 e. The Balaban J connectivity index is 2.95. The molecule has 3 heteroatoms. The maximum Gasteiger partial charge on any atom is 0.219 e. The van der Waals surface area contributed by atoms with E-state index in [2.05, 4.69) is 17.6 Å². The van der Waals surface area contributed by atoms with E-state index < -0.39 is 0 Å². The second-order valence-corrected chi connectivity index (χ2v) is 2.81. The third kappa shape index (κ3) is 7.54. The molecule has 0 aliphatic carbocycles. The predicted octanol–water partition coefficient (Wildman–Crippen LogP) is 0.902. The van der Waals surface area contributed by atoms with Gasteiger partial charge in [-0.25, -0.2) is 0 Å². The minimum absolute atomic E-state index is 0.144. The van der Waals surface area contributed by atoms with Crippen LogP contribution in [0.25, 0.3) is 0 Å². The highest BCUT2D eigenvalue weighted by Crippen LogP contribution is 1.78. The lowest BCUT2D eigenvalue weighted by Crippen LogP contribution is -2.26. The molecule has 0 aromatic carbocycles. The van der Waals surface area contributed by atoms with Crippen LogP contribution in [-0.2, 0) is 4.79 Å². The number of hydrogen-bond acceptors (Lipinski definition) is 2. The topological polar surface area (TPSA) is 41.1 Å². The number of hydrogen-bond donors (Lipinski definition) is 2. The Morgan fingerprint density at radius 3 is 2.50 bits per heavy atom. The number of carbonyl (C=O) groups is 1. The van der Waals surface area contributed by atoms with Crippen LogP contribution < -0.4 is 10.6 Å². The standard InChI is InChI=1S/C9H20N2O/c1-3-6-10-7-5-8-11-9(12)4-2/h10H,3-8H2,1-2H3,(H,11,12). The molecule has 72 valence electrons. The molecule has 0 atom stereocenters. The van der Waals surface area contributed by atoms with E-state index in [9.17, 15) is 4.79 Å². The first-order valence-electron chi connectivity index (χ1n) is 4.78. The fourth-order valence-electron chi connectivity index (χ4n) is 0.868. The average molecular weight is 172 g/mol. The Morgan fingerprint density at radius 1 is 1.17 bits per heavy atom. The molecule has 0 fully saturated rings. The van der Waals surface area contributed by atoms with Crippen molar-refractivity contribution in [2.45, 2.75) is 33.1 Å². The fraction of sp³-hybridized carbons (Fsp3) is 0.889. The molecule has 0 saturated carbocycles. The zero-order valence-electron chi connectivity index (χ0n) is 8.15. The highest BCUT2D eigenvalue weighted by molar-refractivity contribution is 5.75. The number of carbonyl (C=O) groups excluding carboxylic acids is 1. The largest absolute Gasteiger partial charge is 0.356 e. The van der Waals surface area contributed by atoms with Crippen molar-refractivity contribution in [3.63, 3.8) is 0 Å². The summed E-state index contributed by atoms with van der Waals surface area (Å²) in [6.45, 7) is 6.87. The molecule has 0 spiro atoms. The summed E-state index contributed by atoms with van der Waals surface area (Å²) in [5, 5.41) is 6.11. The predicted molar refractivity (Wildman–Crippen MR) is 51.1 cm³/mol. The van der Waals surface area contributed by atoms with Crippen LogP contribution in [0.15, 0.2) is 0 Å². The van der Waals surface area contributed by atoms with Gasteiger partial charge in [0.05, 0.1) is 0 Å². The Labute approximate surface area is 74.9 Å². The lowest BCUT2D eigenvalue weighted by molar-refractivity contribution is -0.120. The van der Waals surface area contributed by atoms with E-state index in [0.29, 0.717) is 6.42 Å². The van der Waals surface area contributed by atoms with Crippen molar-refractivity contribution in [1.29, 1.82) is 0 Å². The number of rotatable bonds is 7. The van der Waals surface area contributed by atoms with Gasteiger partial charge in [0.25, 0.3) is 0 Å². The Kier molecular flexibility index (Phi) is 8.12. The summed E-state index contributed by atoms with van der Waals surface area (Å²) < 4.78 is 0. The summed E-state index contributed by atoms with van der Waals surface area (Å²) in [6, 6.07) is 0.